The number of fused-ring (bicyclic) bond motifs is 1. The number of nitrogens with one attached hydrogen (secondary N) is 1. The molecule has 1 aliphatic heterocycles. The molecule has 3 aromatic rings. The highest BCUT2D eigenvalue weighted by atomic mass is 16.2. The maximum Gasteiger partial charge on any atom is 0.295 e. The molecule has 4 heterocycles. The van der Waals surface area contributed by atoms with Crippen LogP contribution in [0.1, 0.15) is 17.3 Å². The van der Waals surface area contributed by atoms with Crippen LogP contribution in [-0.4, -0.2) is 78.5 Å². The third kappa shape index (κ3) is 3.02. The molecule has 3 aromatic heterocycles. The second kappa shape index (κ2) is 6.87. The maximum absolute atomic E-state index is 12.8. The number of piperazine rings is 1. The van der Waals surface area contributed by atoms with E-state index in [1.165, 1.54) is 18.0 Å². The molecule has 1 saturated heterocycles. The van der Waals surface area contributed by atoms with E-state index in [1.54, 1.807) is 35.1 Å². The van der Waals surface area contributed by atoms with E-state index in [0.29, 0.717) is 42.9 Å². The van der Waals surface area contributed by atoms with Crippen LogP contribution in [0.2, 0.25) is 0 Å². The zero-order valence-corrected chi connectivity index (χ0v) is 15.5. The first-order valence-electron chi connectivity index (χ1n) is 8.87. The third-order valence-electron chi connectivity index (χ3n) is 4.90. The first kappa shape index (κ1) is 17.8. The van der Waals surface area contributed by atoms with Crippen molar-refractivity contribution in [3.05, 3.63) is 30.2 Å². The summed E-state index contributed by atoms with van der Waals surface area (Å²) >= 11 is 0. The predicted octanol–water partition coefficient (Wildman–Crippen LogP) is 0.232. The van der Waals surface area contributed by atoms with Crippen molar-refractivity contribution in [1.29, 1.82) is 0 Å². The second-order valence-electron chi connectivity index (χ2n) is 6.69. The van der Waals surface area contributed by atoms with Gasteiger partial charge in [0.05, 0.1) is 22.8 Å². The average molecular weight is 381 g/mol. The molecule has 0 aliphatic carbocycles. The van der Waals surface area contributed by atoms with Crippen LogP contribution in [0.25, 0.3) is 22.3 Å². The molecule has 10 nitrogen and oxygen atoms in total. The Morgan fingerprint density at radius 1 is 1.11 bits per heavy atom. The molecule has 0 atom stereocenters. The number of carbonyl (C=O) groups excluding carboxylic acids is 3. The van der Waals surface area contributed by atoms with Gasteiger partial charge in [-0.25, -0.2) is 0 Å². The summed E-state index contributed by atoms with van der Waals surface area (Å²) in [7, 11) is 1.77. The molecular weight excluding hydrogens is 362 g/mol. The Morgan fingerprint density at radius 3 is 2.46 bits per heavy atom. The van der Waals surface area contributed by atoms with Crippen molar-refractivity contribution in [2.24, 2.45) is 7.05 Å². The lowest BCUT2D eigenvalue weighted by atomic mass is 10.1. The molecule has 0 aromatic carbocycles. The van der Waals surface area contributed by atoms with Crippen LogP contribution in [0.5, 0.6) is 0 Å². The van der Waals surface area contributed by atoms with Crippen molar-refractivity contribution in [3.8, 4) is 11.3 Å². The number of ketones is 1. The van der Waals surface area contributed by atoms with Crippen molar-refractivity contribution in [2.45, 2.75) is 6.92 Å². The summed E-state index contributed by atoms with van der Waals surface area (Å²) < 4.78 is 1.58. The molecule has 0 bridgehead atoms. The van der Waals surface area contributed by atoms with Gasteiger partial charge in [-0.3, -0.25) is 24.0 Å². The fourth-order valence-electron chi connectivity index (χ4n) is 3.37. The maximum atomic E-state index is 12.8. The number of hydrogen-bond acceptors (Lipinski definition) is 6. The van der Waals surface area contributed by atoms with Gasteiger partial charge >= 0.3 is 0 Å². The lowest BCUT2D eigenvalue weighted by molar-refractivity contribution is -0.135. The van der Waals surface area contributed by atoms with Gasteiger partial charge in [0, 0.05) is 58.1 Å². The van der Waals surface area contributed by atoms with Crippen molar-refractivity contribution >= 4 is 28.6 Å². The minimum Gasteiger partial charge on any atom is -0.359 e. The third-order valence-corrected chi connectivity index (χ3v) is 4.90. The first-order valence-corrected chi connectivity index (χ1v) is 8.87. The molecule has 28 heavy (non-hydrogen) atoms. The molecule has 4 rings (SSSR count). The van der Waals surface area contributed by atoms with Gasteiger partial charge in [0.15, 0.2) is 0 Å². The smallest absolute Gasteiger partial charge is 0.295 e. The van der Waals surface area contributed by atoms with Crippen LogP contribution >= 0.6 is 0 Å². The summed E-state index contributed by atoms with van der Waals surface area (Å²) in [5.41, 5.74) is 2.66. The quantitative estimate of drug-likeness (QED) is 0.513. The fourth-order valence-corrected chi connectivity index (χ4v) is 3.37. The van der Waals surface area contributed by atoms with E-state index in [9.17, 15) is 14.4 Å². The van der Waals surface area contributed by atoms with E-state index in [1.807, 2.05) is 0 Å². The van der Waals surface area contributed by atoms with Crippen LogP contribution in [0.3, 0.4) is 0 Å². The Bertz CT molecular complexity index is 1080. The van der Waals surface area contributed by atoms with Crippen molar-refractivity contribution < 1.29 is 14.4 Å². The minimum absolute atomic E-state index is 0.0317. The minimum atomic E-state index is -0.619. The molecule has 0 radical (unpaired) electrons. The van der Waals surface area contributed by atoms with Crippen LogP contribution in [-0.2, 0) is 16.6 Å². The number of rotatable bonds is 3. The Labute approximate surface area is 160 Å². The molecule has 0 spiro atoms. The average Bonchev–Trinajstić information content (AvgIpc) is 3.33. The first-order chi connectivity index (χ1) is 13.5. The molecule has 144 valence electrons. The fraction of sp³-hybridized carbons (Fsp3) is 0.333. The van der Waals surface area contributed by atoms with Gasteiger partial charge in [0.1, 0.15) is 5.69 Å². The van der Waals surface area contributed by atoms with Crippen molar-refractivity contribution in [2.75, 3.05) is 26.2 Å². The van der Waals surface area contributed by atoms with E-state index in [-0.39, 0.29) is 11.5 Å². The monoisotopic (exact) mass is 381 g/mol. The molecule has 2 amide bonds. The van der Waals surface area contributed by atoms with Crippen molar-refractivity contribution in [3.63, 3.8) is 0 Å². The Morgan fingerprint density at radius 2 is 1.82 bits per heavy atom. The highest BCUT2D eigenvalue weighted by Gasteiger charge is 2.29. The van der Waals surface area contributed by atoms with E-state index in [0.717, 1.165) is 5.56 Å². The lowest BCUT2D eigenvalue weighted by Gasteiger charge is -2.33. The van der Waals surface area contributed by atoms with E-state index in [2.05, 4.69) is 20.3 Å². The number of hydrogen-bond donors (Lipinski definition) is 1. The van der Waals surface area contributed by atoms with Crippen LogP contribution in [0.4, 0.5) is 0 Å². The largest absolute Gasteiger partial charge is 0.359 e. The number of Topliss-reactive ketones (excluding diaryl/α,β-unsaturated/α-hetero) is 1. The summed E-state index contributed by atoms with van der Waals surface area (Å²) in [5, 5.41) is 8.02. The Kier molecular flexibility index (Phi) is 4.38. The zero-order chi connectivity index (χ0) is 19.8. The second-order valence-corrected chi connectivity index (χ2v) is 6.69. The number of nitrogens with zero attached hydrogens (tertiary/aromatic N) is 6. The van der Waals surface area contributed by atoms with Gasteiger partial charge in [0.2, 0.25) is 5.91 Å². The van der Waals surface area contributed by atoms with Gasteiger partial charge in [0.25, 0.3) is 11.7 Å². The summed E-state index contributed by atoms with van der Waals surface area (Å²) in [4.78, 5) is 47.4. The van der Waals surface area contributed by atoms with E-state index in [4.69, 9.17) is 0 Å². The van der Waals surface area contributed by atoms with Gasteiger partial charge in [-0.15, -0.1) is 5.10 Å². The molecule has 1 fully saturated rings. The summed E-state index contributed by atoms with van der Waals surface area (Å²) in [6, 6.07) is 1.78. The number of pyridine rings is 1. The molecule has 0 unspecified atom stereocenters. The topological polar surface area (TPSA) is 117 Å². The summed E-state index contributed by atoms with van der Waals surface area (Å²) in [6.07, 6.45) is 4.84. The van der Waals surface area contributed by atoms with Gasteiger partial charge in [-0.1, -0.05) is 5.21 Å². The number of aromatic nitrogens is 5. The number of aryl methyl sites for hydroxylation is 1. The van der Waals surface area contributed by atoms with Crippen LogP contribution in [0.15, 0.2) is 24.7 Å². The predicted molar refractivity (Wildman–Crippen MR) is 99.3 cm³/mol. The highest BCUT2D eigenvalue weighted by molar-refractivity contribution is 6.44. The van der Waals surface area contributed by atoms with Gasteiger partial charge in [-0.2, -0.15) is 0 Å². The number of carbonyl (C=O) groups is 3. The summed E-state index contributed by atoms with van der Waals surface area (Å²) in [5.74, 6) is -1.24. The van der Waals surface area contributed by atoms with Crippen LogP contribution in [0, 0.1) is 0 Å². The van der Waals surface area contributed by atoms with Gasteiger partial charge in [-0.05, 0) is 6.07 Å². The molecule has 1 N–H and O–H groups in total. The normalized spacial score (nSPS) is 14.5. The Hall–Kier alpha value is -3.56. The highest BCUT2D eigenvalue weighted by Crippen LogP contribution is 2.27. The van der Waals surface area contributed by atoms with Crippen LogP contribution < -0.4 is 0 Å². The molecule has 0 saturated carbocycles. The van der Waals surface area contributed by atoms with Crippen molar-refractivity contribution in [1.82, 2.24) is 34.8 Å². The summed E-state index contributed by atoms with van der Waals surface area (Å²) in [6.45, 7) is 3.03. The number of amides is 2. The zero-order valence-electron chi connectivity index (χ0n) is 15.5. The molecular formula is C18H19N7O3. The van der Waals surface area contributed by atoms with Gasteiger partial charge < -0.3 is 14.8 Å². The van der Waals surface area contributed by atoms with E-state index >= 15 is 0 Å². The number of H-pyrrole nitrogens is 1. The molecule has 1 aliphatic rings. The van der Waals surface area contributed by atoms with E-state index < -0.39 is 11.7 Å². The lowest BCUT2D eigenvalue weighted by Crippen LogP contribution is -2.51. The molecule has 10 heteroatoms. The number of aromatic amines is 1. The SMILES string of the molecule is CC(=O)N1CCN(C(=O)C(=O)c2c[nH]c3c(-c4cn(C)nn4)ccnc23)CC1. The standard InChI is InChI=1S/C18H19N7O3/c1-11(26)24-5-7-25(8-6-24)18(28)17(27)13-9-20-15-12(3-4-19-16(13)15)14-10-23(2)22-21-14/h3-4,9-10,20H,5-8H2,1-2H3. The Balaban J connectivity index is 1.60.